The van der Waals surface area contributed by atoms with E-state index in [-0.39, 0.29) is 36.1 Å². The summed E-state index contributed by atoms with van der Waals surface area (Å²) in [5.41, 5.74) is 7.82. The molecule has 0 fully saturated rings. The quantitative estimate of drug-likeness (QED) is 0.399. The molecule has 0 aliphatic rings. The van der Waals surface area contributed by atoms with Gasteiger partial charge in [-0.05, 0) is 6.07 Å². The fraction of sp³-hybridized carbons (Fsp3) is 0.167. The monoisotopic (exact) mass is 164 g/mol. The Bertz CT molecular complexity index is 187. The topological polar surface area (TPSA) is 36.7 Å². The Hall–Kier alpha value is 0.400. The van der Waals surface area contributed by atoms with E-state index in [2.05, 4.69) is 4.98 Å². The zero-order valence-corrected chi connectivity index (χ0v) is 8.52. The largest absolute Gasteiger partial charge is 1.00 e. The molecule has 1 rings (SSSR count). The molecule has 0 radical (unpaired) electrons. The summed E-state index contributed by atoms with van der Waals surface area (Å²) < 4.78 is 0. The minimum atomic E-state index is 0. The number of hydrogen-bond acceptors (Lipinski definition) is 1. The first-order chi connectivity index (χ1) is 4.33. The van der Waals surface area contributed by atoms with Gasteiger partial charge in [0.25, 0.3) is 0 Å². The van der Waals surface area contributed by atoms with Crippen molar-refractivity contribution < 1.29 is 29.6 Å². The van der Waals surface area contributed by atoms with E-state index < -0.39 is 0 Å². The molecule has 1 N–H and O–H groups in total. The summed E-state index contributed by atoms with van der Waals surface area (Å²) in [5.74, 6) is 0. The number of rotatable bonds is 1. The van der Waals surface area contributed by atoms with E-state index in [4.69, 9.17) is 17.3 Å². The van der Waals surface area contributed by atoms with E-state index in [1.54, 1.807) is 18.3 Å². The number of halogens is 1. The summed E-state index contributed by atoms with van der Waals surface area (Å²) in [6.07, 6.45) is 1.61. The molecule has 48 valence electrons. The molecular formula is C6H6ClN2Na. The molecule has 4 heteroatoms. The number of aromatic nitrogens is 1. The van der Waals surface area contributed by atoms with Crippen molar-refractivity contribution in [2.45, 2.75) is 6.54 Å². The molecule has 0 amide bonds. The van der Waals surface area contributed by atoms with Crippen LogP contribution in [0.2, 0.25) is 5.15 Å². The van der Waals surface area contributed by atoms with Gasteiger partial charge in [-0.25, -0.2) is 4.98 Å². The van der Waals surface area contributed by atoms with Crippen molar-refractivity contribution in [2.24, 2.45) is 0 Å². The number of nitrogens with zero attached hydrogens (tertiary/aromatic N) is 1. The second kappa shape index (κ2) is 5.10. The Morgan fingerprint density at radius 1 is 1.50 bits per heavy atom. The van der Waals surface area contributed by atoms with Crippen LogP contribution < -0.4 is 29.6 Å². The summed E-state index contributed by atoms with van der Waals surface area (Å²) in [5, 5.41) is 0.479. The van der Waals surface area contributed by atoms with Gasteiger partial charge in [-0.1, -0.05) is 23.2 Å². The van der Waals surface area contributed by atoms with Gasteiger partial charge in [0.05, 0.1) is 0 Å². The SMILES string of the molecule is [NH-]Cc1ccc(Cl)nc1.[Na+]. The summed E-state index contributed by atoms with van der Waals surface area (Å²) in [6.45, 7) is 0.268. The Kier molecular flexibility index (Phi) is 5.31. The molecule has 0 aromatic carbocycles. The van der Waals surface area contributed by atoms with Gasteiger partial charge in [0.1, 0.15) is 5.15 Å². The molecule has 0 aliphatic heterocycles. The Morgan fingerprint density at radius 2 is 2.20 bits per heavy atom. The van der Waals surface area contributed by atoms with Crippen molar-refractivity contribution in [3.05, 3.63) is 34.8 Å². The minimum Gasteiger partial charge on any atom is -0.674 e. The fourth-order valence-electron chi connectivity index (χ4n) is 0.511. The van der Waals surface area contributed by atoms with Crippen LogP contribution in [-0.2, 0) is 6.54 Å². The Labute approximate surface area is 87.1 Å². The summed E-state index contributed by atoms with van der Waals surface area (Å²) in [6, 6.07) is 3.48. The molecule has 2 nitrogen and oxygen atoms in total. The molecule has 1 aromatic heterocycles. The van der Waals surface area contributed by atoms with Crippen LogP contribution in [0.1, 0.15) is 5.56 Å². The van der Waals surface area contributed by atoms with Gasteiger partial charge in [0.15, 0.2) is 0 Å². The first-order valence-corrected chi connectivity index (χ1v) is 2.96. The average molecular weight is 165 g/mol. The van der Waals surface area contributed by atoms with Gasteiger partial charge in [-0.2, -0.15) is 0 Å². The predicted octanol–water partition coefficient (Wildman–Crippen LogP) is -0.709. The van der Waals surface area contributed by atoms with Crippen LogP contribution >= 0.6 is 11.6 Å². The molecule has 0 saturated carbocycles. The van der Waals surface area contributed by atoms with Crippen LogP contribution in [0.3, 0.4) is 0 Å². The van der Waals surface area contributed by atoms with E-state index in [1.807, 2.05) is 0 Å². The Morgan fingerprint density at radius 3 is 2.60 bits per heavy atom. The summed E-state index contributed by atoms with van der Waals surface area (Å²) in [4.78, 5) is 3.80. The van der Waals surface area contributed by atoms with Gasteiger partial charge in [0, 0.05) is 6.20 Å². The minimum absolute atomic E-state index is 0. The molecule has 0 spiro atoms. The summed E-state index contributed by atoms with van der Waals surface area (Å²) in [7, 11) is 0. The second-order valence-electron chi connectivity index (χ2n) is 1.67. The van der Waals surface area contributed by atoms with Gasteiger partial charge < -0.3 is 5.73 Å². The molecule has 0 aliphatic carbocycles. The fourth-order valence-corrected chi connectivity index (χ4v) is 0.623. The molecular weight excluding hydrogens is 159 g/mol. The van der Waals surface area contributed by atoms with E-state index in [9.17, 15) is 0 Å². The standard InChI is InChI=1S/C6H6ClN2.Na/c7-6-2-1-5(3-8)4-9-6;/h1-2,4,8H,3H2;/q-1;+1. The molecule has 0 bridgehead atoms. The maximum Gasteiger partial charge on any atom is 1.00 e. The third-order valence-electron chi connectivity index (χ3n) is 0.993. The van der Waals surface area contributed by atoms with Crippen molar-refractivity contribution in [3.63, 3.8) is 0 Å². The van der Waals surface area contributed by atoms with Crippen LogP contribution in [0.25, 0.3) is 5.73 Å². The second-order valence-corrected chi connectivity index (χ2v) is 2.05. The van der Waals surface area contributed by atoms with Crippen molar-refractivity contribution in [2.75, 3.05) is 0 Å². The molecule has 1 aromatic rings. The van der Waals surface area contributed by atoms with Gasteiger partial charge in [-0.15, -0.1) is 6.54 Å². The van der Waals surface area contributed by atoms with E-state index in [1.165, 1.54) is 0 Å². The van der Waals surface area contributed by atoms with Crippen molar-refractivity contribution >= 4 is 11.6 Å². The molecule has 1 heterocycles. The molecule has 0 saturated heterocycles. The van der Waals surface area contributed by atoms with Crippen LogP contribution in [-0.4, -0.2) is 4.98 Å². The zero-order valence-electron chi connectivity index (χ0n) is 5.76. The number of hydrogen-bond donors (Lipinski definition) is 0. The van der Waals surface area contributed by atoms with E-state index in [0.717, 1.165) is 5.56 Å². The average Bonchev–Trinajstić information content (AvgIpc) is 1.90. The third-order valence-corrected chi connectivity index (χ3v) is 1.22. The first kappa shape index (κ1) is 10.4. The molecule has 0 unspecified atom stereocenters. The summed E-state index contributed by atoms with van der Waals surface area (Å²) >= 11 is 5.50. The van der Waals surface area contributed by atoms with Crippen LogP contribution in [0.15, 0.2) is 18.3 Å². The maximum atomic E-state index is 6.93. The zero-order chi connectivity index (χ0) is 6.69. The maximum absolute atomic E-state index is 6.93. The van der Waals surface area contributed by atoms with Crippen LogP contribution in [0, 0.1) is 0 Å². The van der Waals surface area contributed by atoms with Gasteiger partial charge in [-0.3, -0.25) is 0 Å². The molecule has 10 heavy (non-hydrogen) atoms. The van der Waals surface area contributed by atoms with Crippen LogP contribution in [0.4, 0.5) is 0 Å². The van der Waals surface area contributed by atoms with Crippen molar-refractivity contribution in [1.29, 1.82) is 0 Å². The van der Waals surface area contributed by atoms with Crippen LogP contribution in [0.5, 0.6) is 0 Å². The normalized spacial score (nSPS) is 8.60. The van der Waals surface area contributed by atoms with Crippen molar-refractivity contribution in [3.8, 4) is 0 Å². The predicted molar refractivity (Wildman–Crippen MR) is 37.3 cm³/mol. The smallest absolute Gasteiger partial charge is 0.674 e. The van der Waals surface area contributed by atoms with Gasteiger partial charge >= 0.3 is 29.6 Å². The van der Waals surface area contributed by atoms with Gasteiger partial charge in [0.2, 0.25) is 0 Å². The molecule has 0 atom stereocenters. The van der Waals surface area contributed by atoms with E-state index in [0.29, 0.717) is 5.15 Å². The number of nitrogens with one attached hydrogen (secondary N) is 1. The van der Waals surface area contributed by atoms with Crippen molar-refractivity contribution in [1.82, 2.24) is 4.98 Å². The van der Waals surface area contributed by atoms with E-state index >= 15 is 0 Å². The first-order valence-electron chi connectivity index (χ1n) is 2.58. The third kappa shape index (κ3) is 2.99. The number of pyridine rings is 1. The Balaban J connectivity index is 0.000000810.